The van der Waals surface area contributed by atoms with Crippen molar-refractivity contribution in [3.63, 3.8) is 0 Å². The number of hydrogen-bond donors (Lipinski definition) is 1. The number of nitrogens with one attached hydrogen (secondary N) is 1. The Hall–Kier alpha value is -3.47. The van der Waals surface area contributed by atoms with Crippen LogP contribution in [-0.2, 0) is 6.54 Å². The highest BCUT2D eigenvalue weighted by Crippen LogP contribution is 2.15. The summed E-state index contributed by atoms with van der Waals surface area (Å²) < 4.78 is 1.87. The van der Waals surface area contributed by atoms with Crippen LogP contribution >= 0.6 is 0 Å². The molecule has 1 unspecified atom stereocenters. The number of para-hydroxylation sites is 1. The molecule has 1 amide bonds. The minimum atomic E-state index is -0.0551. The molecular weight excluding hydrogens is 348 g/mol. The number of nitrogens with zero attached hydrogens (tertiary/aromatic N) is 3. The van der Waals surface area contributed by atoms with Gasteiger partial charge in [-0.25, -0.2) is 4.68 Å². The van der Waals surface area contributed by atoms with Crippen LogP contribution in [0.25, 0.3) is 11.0 Å². The summed E-state index contributed by atoms with van der Waals surface area (Å²) in [5, 5.41) is 11.4. The number of hydrogen-bond acceptors (Lipinski definition) is 3. The quantitative estimate of drug-likeness (QED) is 0.558. The smallest absolute Gasteiger partial charge is 0.251 e. The van der Waals surface area contributed by atoms with E-state index in [9.17, 15) is 4.79 Å². The minimum Gasteiger partial charge on any atom is -0.351 e. The molecule has 0 aliphatic carbocycles. The molecule has 4 rings (SSSR count). The van der Waals surface area contributed by atoms with Crippen LogP contribution in [0.5, 0.6) is 0 Å². The zero-order chi connectivity index (χ0) is 19.3. The Morgan fingerprint density at radius 1 is 0.964 bits per heavy atom. The molecule has 0 bridgehead atoms. The summed E-state index contributed by atoms with van der Waals surface area (Å²) in [7, 11) is 0. The predicted molar refractivity (Wildman–Crippen MR) is 110 cm³/mol. The monoisotopic (exact) mass is 370 g/mol. The number of benzene rings is 3. The molecule has 0 saturated carbocycles. The average Bonchev–Trinajstić information content (AvgIpc) is 3.16. The van der Waals surface area contributed by atoms with Crippen LogP contribution < -0.4 is 5.32 Å². The van der Waals surface area contributed by atoms with E-state index in [2.05, 4.69) is 34.7 Å². The lowest BCUT2D eigenvalue weighted by atomic mass is 10.0. The van der Waals surface area contributed by atoms with E-state index in [1.54, 1.807) is 0 Å². The highest BCUT2D eigenvalue weighted by Gasteiger charge is 2.10. The van der Waals surface area contributed by atoms with Gasteiger partial charge in [0.2, 0.25) is 0 Å². The van der Waals surface area contributed by atoms with E-state index in [4.69, 9.17) is 0 Å². The molecule has 0 saturated heterocycles. The predicted octanol–water partition coefficient (Wildman–Crippen LogP) is 4.01. The van der Waals surface area contributed by atoms with E-state index < -0.39 is 0 Å². The molecule has 5 heteroatoms. The Labute approximate surface area is 164 Å². The largest absolute Gasteiger partial charge is 0.351 e. The van der Waals surface area contributed by atoms with Crippen LogP contribution in [-0.4, -0.2) is 27.4 Å². The molecule has 28 heavy (non-hydrogen) atoms. The van der Waals surface area contributed by atoms with E-state index in [1.807, 2.05) is 71.4 Å². The summed E-state index contributed by atoms with van der Waals surface area (Å²) in [5.41, 5.74) is 4.83. The fraction of sp³-hybridized carbons (Fsp3) is 0.174. The third-order valence-electron chi connectivity index (χ3n) is 4.91. The minimum absolute atomic E-state index is 0.0551. The van der Waals surface area contributed by atoms with Gasteiger partial charge in [0.05, 0.1) is 12.1 Å². The lowest BCUT2D eigenvalue weighted by Crippen LogP contribution is -2.27. The van der Waals surface area contributed by atoms with Gasteiger partial charge in [-0.15, -0.1) is 5.10 Å². The molecule has 1 N–H and O–H groups in total. The maximum Gasteiger partial charge on any atom is 0.251 e. The van der Waals surface area contributed by atoms with Gasteiger partial charge in [-0.2, -0.15) is 0 Å². The number of carbonyl (C=O) groups excluding carboxylic acids is 1. The van der Waals surface area contributed by atoms with E-state index in [0.717, 1.165) is 16.6 Å². The van der Waals surface area contributed by atoms with Crippen molar-refractivity contribution < 1.29 is 4.79 Å². The molecule has 0 fully saturated rings. The zero-order valence-electron chi connectivity index (χ0n) is 15.7. The molecule has 0 aliphatic rings. The fourth-order valence-electron chi connectivity index (χ4n) is 3.22. The molecule has 1 atom stereocenters. The lowest BCUT2D eigenvalue weighted by Gasteiger charge is -2.13. The fourth-order valence-corrected chi connectivity index (χ4v) is 3.22. The van der Waals surface area contributed by atoms with E-state index in [1.165, 1.54) is 5.56 Å². The molecule has 4 aromatic rings. The van der Waals surface area contributed by atoms with Gasteiger partial charge in [0.25, 0.3) is 5.91 Å². The number of carbonyl (C=O) groups is 1. The van der Waals surface area contributed by atoms with Crippen molar-refractivity contribution in [2.45, 2.75) is 19.4 Å². The van der Waals surface area contributed by atoms with Crippen molar-refractivity contribution >= 4 is 16.9 Å². The summed E-state index contributed by atoms with van der Waals surface area (Å²) in [6.45, 7) is 3.34. The van der Waals surface area contributed by atoms with Crippen LogP contribution in [0.3, 0.4) is 0 Å². The van der Waals surface area contributed by atoms with Crippen molar-refractivity contribution in [2.24, 2.45) is 0 Å². The van der Waals surface area contributed by atoms with Gasteiger partial charge >= 0.3 is 0 Å². The molecule has 0 radical (unpaired) electrons. The molecule has 1 heterocycles. The number of aromatic nitrogens is 3. The first kappa shape index (κ1) is 17.9. The first-order valence-electron chi connectivity index (χ1n) is 9.41. The van der Waals surface area contributed by atoms with Crippen molar-refractivity contribution in [3.8, 4) is 0 Å². The SMILES string of the molecule is CC(CNC(=O)c1ccc(Cn2nnc3ccccc32)cc1)c1ccccc1. The molecule has 1 aromatic heterocycles. The topological polar surface area (TPSA) is 59.8 Å². The number of fused-ring (bicyclic) bond motifs is 1. The Kier molecular flexibility index (Phi) is 5.15. The maximum absolute atomic E-state index is 12.4. The van der Waals surface area contributed by atoms with Gasteiger partial charge in [-0.1, -0.05) is 66.7 Å². The molecule has 0 aliphatic heterocycles. The highest BCUT2D eigenvalue weighted by atomic mass is 16.1. The van der Waals surface area contributed by atoms with Crippen molar-refractivity contribution in [2.75, 3.05) is 6.54 Å². The summed E-state index contributed by atoms with van der Waals surface area (Å²) in [6, 6.07) is 25.7. The molecule has 140 valence electrons. The van der Waals surface area contributed by atoms with Gasteiger partial charge in [0, 0.05) is 12.1 Å². The Morgan fingerprint density at radius 3 is 2.46 bits per heavy atom. The molecular formula is C23H22N4O. The second-order valence-electron chi connectivity index (χ2n) is 6.95. The van der Waals surface area contributed by atoms with E-state index in [-0.39, 0.29) is 11.8 Å². The maximum atomic E-state index is 12.4. The van der Waals surface area contributed by atoms with Crippen LogP contribution in [0.1, 0.15) is 34.3 Å². The van der Waals surface area contributed by atoms with Gasteiger partial charge in [-0.05, 0) is 41.3 Å². The first-order valence-corrected chi connectivity index (χ1v) is 9.41. The van der Waals surface area contributed by atoms with Gasteiger partial charge in [0.15, 0.2) is 0 Å². The Balaban J connectivity index is 1.38. The van der Waals surface area contributed by atoms with Crippen LogP contribution in [0.15, 0.2) is 78.9 Å². The van der Waals surface area contributed by atoms with Crippen LogP contribution in [0, 0.1) is 0 Å². The third kappa shape index (κ3) is 3.93. The molecule has 0 spiro atoms. The van der Waals surface area contributed by atoms with Crippen molar-refractivity contribution in [1.82, 2.24) is 20.3 Å². The summed E-state index contributed by atoms with van der Waals surface area (Å²) in [4.78, 5) is 12.4. The summed E-state index contributed by atoms with van der Waals surface area (Å²) in [6.07, 6.45) is 0. The van der Waals surface area contributed by atoms with Crippen LogP contribution in [0.4, 0.5) is 0 Å². The lowest BCUT2D eigenvalue weighted by molar-refractivity contribution is 0.0951. The van der Waals surface area contributed by atoms with E-state index >= 15 is 0 Å². The van der Waals surface area contributed by atoms with Gasteiger partial charge < -0.3 is 5.32 Å². The molecule has 5 nitrogen and oxygen atoms in total. The van der Waals surface area contributed by atoms with Gasteiger partial charge in [-0.3, -0.25) is 4.79 Å². The van der Waals surface area contributed by atoms with Crippen molar-refractivity contribution in [1.29, 1.82) is 0 Å². The number of amides is 1. The van der Waals surface area contributed by atoms with Crippen LogP contribution in [0.2, 0.25) is 0 Å². The Bertz CT molecular complexity index is 1070. The summed E-state index contributed by atoms with van der Waals surface area (Å²) in [5.74, 6) is 0.213. The van der Waals surface area contributed by atoms with Gasteiger partial charge in [0.1, 0.15) is 5.52 Å². The van der Waals surface area contributed by atoms with E-state index in [0.29, 0.717) is 18.7 Å². The molecule has 3 aromatic carbocycles. The third-order valence-corrected chi connectivity index (χ3v) is 4.91. The van der Waals surface area contributed by atoms with Crippen molar-refractivity contribution in [3.05, 3.63) is 95.6 Å². The average molecular weight is 370 g/mol. The summed E-state index contributed by atoms with van der Waals surface area (Å²) >= 11 is 0. The second-order valence-corrected chi connectivity index (χ2v) is 6.95. The highest BCUT2D eigenvalue weighted by molar-refractivity contribution is 5.94. The number of rotatable bonds is 6. The zero-order valence-corrected chi connectivity index (χ0v) is 15.7. The first-order chi connectivity index (χ1) is 13.7. The second kappa shape index (κ2) is 8.05. The standard InChI is InChI=1S/C23H22N4O/c1-17(19-7-3-2-4-8-19)15-24-23(28)20-13-11-18(12-14-20)16-27-22-10-6-5-9-21(22)25-26-27/h2-14,17H,15-16H2,1H3,(H,24,28). The Morgan fingerprint density at radius 2 is 1.68 bits per heavy atom. The normalized spacial score (nSPS) is 12.0.